The van der Waals surface area contributed by atoms with Gasteiger partial charge in [-0.05, 0) is 87.4 Å². The minimum Gasteiger partial charge on any atom is -1.00 e. The Bertz CT molecular complexity index is 4570. The van der Waals surface area contributed by atoms with Crippen LogP contribution >= 0.6 is 43.5 Å². The average molecular weight is 2080 g/mol. The number of rotatable bonds is 28. The molecule has 5 saturated heterocycles. The summed E-state index contributed by atoms with van der Waals surface area (Å²) in [5.74, 6) is -7.05. The summed E-state index contributed by atoms with van der Waals surface area (Å²) in [5.41, 5.74) is 3.73. The molecule has 0 unspecified atom stereocenters. The van der Waals surface area contributed by atoms with Gasteiger partial charge in [-0.15, -0.1) is 0 Å². The molecular formula is C89H114BBr2ClF3LiN7O33. The molecule has 48 heteroatoms. The van der Waals surface area contributed by atoms with Crippen molar-refractivity contribution in [1.29, 1.82) is 0 Å². The second kappa shape index (κ2) is 68.5. The maximum atomic E-state index is 14.5. The molecule has 137 heavy (non-hydrogen) atoms. The summed E-state index contributed by atoms with van der Waals surface area (Å²) in [5, 5.41) is 22.7. The van der Waals surface area contributed by atoms with Crippen molar-refractivity contribution in [1.82, 2.24) is 29.8 Å². The maximum absolute atomic E-state index is 14.5. The standard InChI is InChI=1S/C29H31ClF3N3O7.C17H23NO5.C13H17NO3.C11H17NO7.C7H7Br.C7H11NO5.C3H5BrO2.2CO2.B.Li.H2.H/c1-3-42-24(37)16-43-20-12-23(35(15-20)28(40)41-2)27(39)36(19-8-6-7-17(31)11-19)25(21-9-4-5-10-22(21)30)26(38)34-18-13-29(32,33)14-18;1-3-22-16(19)12-23-15-10-14(18(11-15)17(20)21-2)9-13-7-5-4-6-8-13;1-17-13(16)14-9-12(15)8-11(14)7-10-5-3-2-4-6-10;1-3-17-10(14)6-18-8-4-9(19-7-13)12(5-8)11(15)16-2;8-6-7-4-2-1-3-5-7;1-12-7(11)8-3-5(10)2-6(8)13-4-9;1-6-3(5)2-4;2*2-1-3;;;;/h4-11,18,20,23,25H,3,12-16H2,1-2H3,(H,34,38);4-8,14-15H,3,9-12H2,1-2H3;2-6,11-12,15H,7-9H2,1H3;7-9H,3-6H2,1-2H3;1-5H,6H2;4-6,10H,2-3H2,1H3;2H2,1H3;;;;;1H;/q;;;;;;;;;;+1;;-1/t20-,23+,25+;14-,15-;11-,12-;8-,9-;;5-,6-;;;;;;;/m1111.1......./s1. The Morgan fingerprint density at radius 2 is 0.898 bits per heavy atom. The summed E-state index contributed by atoms with van der Waals surface area (Å²) < 4.78 is 110. The van der Waals surface area contributed by atoms with Gasteiger partial charge in [-0.2, -0.15) is 19.2 Å². The van der Waals surface area contributed by atoms with E-state index in [1.165, 1.54) is 80.7 Å². The van der Waals surface area contributed by atoms with Crippen LogP contribution in [-0.2, 0) is 142 Å². The Hall–Kier alpha value is -11.5. The van der Waals surface area contributed by atoms with Gasteiger partial charge in [0.15, 0.2) is 12.5 Å². The number of ether oxygens (including phenoxy) is 14. The Kier molecular flexibility index (Phi) is 61.7. The first-order valence-corrected chi connectivity index (χ1v) is 44.2. The molecule has 3 N–H and O–H groups in total. The monoisotopic (exact) mass is 2080 g/mol. The van der Waals surface area contributed by atoms with E-state index in [0.29, 0.717) is 32.5 Å². The number of carbonyl (C=O) groups is 13. The SMILES string of the molecule is BrCc1ccccc1.CCOC(=O)CO[C@@H]1C[C@@H](C(=O)N(c2cccc(F)c2)[C@H](C(=O)NC2CC(F)(F)C2)c2ccccc2Cl)N(C(=O)OC)C1.CCOC(=O)CO[C@@H]1C[C@@H](Cc2ccccc2)N(C(=O)OC)C1.CCOC(=O)CO[C@@H]1C[C@@H](OC=O)N(C(=O)OC)C1.COC(=O)CBr.COC(=O)N1C[C@H](O)C[C@H]1Cc1ccccc1.COC(=O)N1C[C@H](O)C[C@H]1OC=O.O=C=O.O=C=O.[B].[H-].[HH].[Li+]. The fourth-order valence-corrected chi connectivity index (χ4v) is 14.8. The van der Waals surface area contributed by atoms with Crippen molar-refractivity contribution in [2.75, 3.05) is 125 Å². The summed E-state index contributed by atoms with van der Waals surface area (Å²) >= 11 is 12.7. The van der Waals surface area contributed by atoms with Crippen LogP contribution in [0.4, 0.5) is 42.8 Å². The van der Waals surface area contributed by atoms with Crippen molar-refractivity contribution < 1.29 is 193 Å². The van der Waals surface area contributed by atoms with Crippen LogP contribution in [0.25, 0.3) is 0 Å². The van der Waals surface area contributed by atoms with Gasteiger partial charge in [-0.1, -0.05) is 159 Å². The number of β-amino-alcohol motifs (C(OH)–C–C–N with tert-alkyl or cyclic N) is 2. The van der Waals surface area contributed by atoms with Gasteiger partial charge < -0.3 is 93.1 Å². The number of halogens is 6. The van der Waals surface area contributed by atoms with Crippen molar-refractivity contribution in [3.8, 4) is 0 Å². The number of aliphatic hydroxyl groups excluding tert-OH is 2. The molecule has 0 bridgehead atoms. The van der Waals surface area contributed by atoms with Crippen LogP contribution in [0.15, 0.2) is 140 Å². The first-order valence-electron chi connectivity index (χ1n) is 41.5. The first-order chi connectivity index (χ1) is 64.6. The normalized spacial score (nSPS) is 19.3. The molecule has 6 aliphatic rings. The predicted octanol–water partition coefficient (Wildman–Crippen LogP) is 5.88. The van der Waals surface area contributed by atoms with Crippen LogP contribution in [0, 0.1) is 5.82 Å². The summed E-state index contributed by atoms with van der Waals surface area (Å²) in [7, 11) is 7.67. The van der Waals surface area contributed by atoms with Crippen LogP contribution in [0.1, 0.15) is 96.9 Å². The van der Waals surface area contributed by atoms with E-state index in [-0.39, 0.29) is 185 Å². The van der Waals surface area contributed by atoms with E-state index in [9.17, 15) is 85.7 Å². The molecule has 5 aromatic carbocycles. The summed E-state index contributed by atoms with van der Waals surface area (Å²) in [6.07, 6.45) is -4.26. The third-order valence-corrected chi connectivity index (χ3v) is 21.3. The third kappa shape index (κ3) is 44.2. The van der Waals surface area contributed by atoms with E-state index in [4.69, 9.17) is 78.1 Å². The van der Waals surface area contributed by atoms with E-state index in [0.717, 1.165) is 52.8 Å². The summed E-state index contributed by atoms with van der Waals surface area (Å²) in [4.78, 5) is 192. The number of hydrogen-bond donors (Lipinski definition) is 3. The quantitative estimate of drug-likeness (QED) is 0.0173. The van der Waals surface area contributed by atoms with E-state index < -0.39 is 128 Å². The minimum absolute atomic E-state index is 0. The molecule has 3 radical (unpaired) electrons. The topological polar surface area (TPSA) is 491 Å². The van der Waals surface area contributed by atoms with Gasteiger partial charge >= 0.3 is 85.5 Å². The smallest absolute Gasteiger partial charge is 1.00 e. The average Bonchev–Trinajstić information content (AvgIpc) is 1.70. The fraction of sp³-hybridized carbons (Fsp3) is 0.494. The van der Waals surface area contributed by atoms with Gasteiger partial charge in [-0.25, -0.2) is 51.5 Å². The van der Waals surface area contributed by atoms with Gasteiger partial charge in [0, 0.05) is 81.7 Å². The fourth-order valence-electron chi connectivity index (χ4n) is 14.0. The molecule has 0 spiro atoms. The molecule has 11 rings (SSSR count). The van der Waals surface area contributed by atoms with Gasteiger partial charge in [-0.3, -0.25) is 43.6 Å². The number of hydrogen-bond acceptors (Lipinski definition) is 33. The largest absolute Gasteiger partial charge is 1.00 e. The molecule has 5 aliphatic heterocycles. The molecule has 6 fully saturated rings. The maximum Gasteiger partial charge on any atom is 1.00 e. The van der Waals surface area contributed by atoms with Crippen molar-refractivity contribution in [3.63, 3.8) is 0 Å². The number of nitrogens with one attached hydrogen (secondary N) is 1. The molecule has 0 aromatic heterocycles. The molecular weight excluding hydrogens is 1970 g/mol. The Labute approximate surface area is 827 Å². The number of esters is 4. The minimum atomic E-state index is -2.93. The van der Waals surface area contributed by atoms with Gasteiger partial charge in [0.2, 0.25) is 5.91 Å². The summed E-state index contributed by atoms with van der Waals surface area (Å²) in [6.45, 7) is 6.55. The Morgan fingerprint density at radius 1 is 0.518 bits per heavy atom. The summed E-state index contributed by atoms with van der Waals surface area (Å²) in [6, 6.07) is 37.6. The first kappa shape index (κ1) is 123. The molecule has 1 aliphatic carbocycles. The molecule has 7 amide bonds. The van der Waals surface area contributed by atoms with Crippen molar-refractivity contribution in [3.05, 3.63) is 173 Å². The number of nitrogens with zero attached hydrogens (tertiary/aromatic N) is 6. The van der Waals surface area contributed by atoms with E-state index >= 15 is 0 Å². The number of amides is 7. The zero-order valence-electron chi connectivity index (χ0n) is 78.0. The van der Waals surface area contributed by atoms with Crippen LogP contribution in [0.3, 0.4) is 0 Å². The zero-order chi connectivity index (χ0) is 101. The number of likely N-dealkylation sites (tertiary alicyclic amines) is 5. The van der Waals surface area contributed by atoms with Crippen LogP contribution in [-0.4, -0.2) is 328 Å². The number of anilines is 1. The van der Waals surface area contributed by atoms with Crippen LogP contribution in [0.5, 0.6) is 0 Å². The number of aliphatic hydroxyl groups is 2. The second-order valence-corrected chi connectivity index (χ2v) is 30.5. The van der Waals surface area contributed by atoms with Crippen LogP contribution in [0.2, 0.25) is 5.02 Å². The van der Waals surface area contributed by atoms with Crippen molar-refractivity contribution >= 4 is 149 Å². The number of carbonyl (C=O) groups excluding carboxylic acids is 17. The van der Waals surface area contributed by atoms with Crippen molar-refractivity contribution in [2.45, 2.75) is 163 Å². The number of methoxy groups -OCH3 is 6. The van der Waals surface area contributed by atoms with E-state index in [1.807, 2.05) is 78.9 Å². The molecule has 5 heterocycles. The molecule has 749 valence electrons. The molecule has 5 aromatic rings. The van der Waals surface area contributed by atoms with Gasteiger partial charge in [0.1, 0.15) is 43.1 Å². The van der Waals surface area contributed by atoms with E-state index in [2.05, 4.69) is 68.3 Å². The van der Waals surface area contributed by atoms with Crippen LogP contribution < -0.4 is 29.1 Å². The van der Waals surface area contributed by atoms with Gasteiger partial charge in [0.05, 0.1) is 126 Å². The van der Waals surface area contributed by atoms with E-state index in [1.54, 1.807) is 42.7 Å². The Balaban J connectivity index is 0. The van der Waals surface area contributed by atoms with Crippen molar-refractivity contribution in [2.24, 2.45) is 0 Å². The number of benzene rings is 5. The second-order valence-electron chi connectivity index (χ2n) is 29.0. The molecule has 1 saturated carbocycles. The molecule has 11 atom stereocenters. The third-order valence-electron chi connectivity index (χ3n) is 19.9. The Morgan fingerprint density at radius 3 is 1.31 bits per heavy atom. The number of alkyl halides is 4. The van der Waals surface area contributed by atoms with Gasteiger partial charge in [0.25, 0.3) is 24.8 Å². The molecule has 40 nitrogen and oxygen atoms in total. The predicted molar refractivity (Wildman–Crippen MR) is 481 cm³/mol. The zero-order valence-corrected chi connectivity index (χ0v) is 80.9.